The van der Waals surface area contributed by atoms with Crippen molar-refractivity contribution in [3.05, 3.63) is 59.5 Å². The van der Waals surface area contributed by atoms with E-state index in [2.05, 4.69) is 23.4 Å². The molecule has 6 nitrogen and oxygen atoms in total. The summed E-state index contributed by atoms with van der Waals surface area (Å²) >= 11 is 0. The lowest BCUT2D eigenvalue weighted by Crippen LogP contribution is -2.42. The number of fused-ring (bicyclic) bond motifs is 1. The largest absolute Gasteiger partial charge is 0.497 e. The predicted octanol–water partition coefficient (Wildman–Crippen LogP) is 3.93. The van der Waals surface area contributed by atoms with Gasteiger partial charge in [-0.05, 0) is 47.4 Å². The SMILES string of the molecule is COc1ccc2cc([C@H]3CN(C(=O)c4cc(C5CC5)on4)CCO3)ccc2c1. The van der Waals surface area contributed by atoms with E-state index in [1.165, 1.54) is 0 Å². The Kier molecular flexibility index (Phi) is 4.28. The first-order valence-electron chi connectivity index (χ1n) is 9.66. The maximum Gasteiger partial charge on any atom is 0.276 e. The van der Waals surface area contributed by atoms with Crippen LogP contribution in [0.15, 0.2) is 47.0 Å². The fourth-order valence-corrected chi connectivity index (χ4v) is 3.72. The van der Waals surface area contributed by atoms with Crippen molar-refractivity contribution in [3.63, 3.8) is 0 Å². The summed E-state index contributed by atoms with van der Waals surface area (Å²) in [6.45, 7) is 1.57. The Bertz CT molecular complexity index is 1020. The van der Waals surface area contributed by atoms with E-state index in [0.717, 1.165) is 40.7 Å². The molecule has 144 valence electrons. The summed E-state index contributed by atoms with van der Waals surface area (Å²) in [5, 5.41) is 6.22. The van der Waals surface area contributed by atoms with Crippen LogP contribution in [0, 0.1) is 0 Å². The second kappa shape index (κ2) is 6.95. The number of ether oxygens (including phenoxy) is 2. The molecule has 5 rings (SSSR count). The highest BCUT2D eigenvalue weighted by Crippen LogP contribution is 2.40. The lowest BCUT2D eigenvalue weighted by atomic mass is 10.0. The summed E-state index contributed by atoms with van der Waals surface area (Å²) in [4.78, 5) is 14.7. The van der Waals surface area contributed by atoms with Gasteiger partial charge in [0, 0.05) is 18.5 Å². The third kappa shape index (κ3) is 3.24. The number of methoxy groups -OCH3 is 1. The van der Waals surface area contributed by atoms with Crippen molar-refractivity contribution < 1.29 is 18.8 Å². The Balaban J connectivity index is 1.34. The molecular weight excluding hydrogens is 356 g/mol. The molecule has 2 aliphatic rings. The van der Waals surface area contributed by atoms with Gasteiger partial charge in [0.2, 0.25) is 0 Å². The zero-order valence-corrected chi connectivity index (χ0v) is 15.8. The average Bonchev–Trinajstić information content (AvgIpc) is 3.49. The van der Waals surface area contributed by atoms with Gasteiger partial charge >= 0.3 is 0 Å². The molecule has 1 aliphatic carbocycles. The molecule has 2 fully saturated rings. The minimum absolute atomic E-state index is 0.0884. The first-order chi connectivity index (χ1) is 13.7. The number of aromatic nitrogens is 1. The van der Waals surface area contributed by atoms with Crippen LogP contribution in [0.2, 0.25) is 0 Å². The van der Waals surface area contributed by atoms with Gasteiger partial charge in [0.05, 0.1) is 20.3 Å². The summed E-state index contributed by atoms with van der Waals surface area (Å²) in [6.07, 6.45) is 2.09. The number of nitrogens with zero attached hydrogens (tertiary/aromatic N) is 2. The van der Waals surface area contributed by atoms with Gasteiger partial charge in [0.15, 0.2) is 5.69 Å². The molecule has 1 aromatic heterocycles. The van der Waals surface area contributed by atoms with E-state index in [9.17, 15) is 4.79 Å². The van der Waals surface area contributed by atoms with Crippen molar-refractivity contribution in [2.45, 2.75) is 24.9 Å². The average molecular weight is 378 g/mol. The van der Waals surface area contributed by atoms with Crippen LogP contribution in [0.25, 0.3) is 10.8 Å². The quantitative estimate of drug-likeness (QED) is 0.688. The number of morpholine rings is 1. The molecule has 0 spiro atoms. The van der Waals surface area contributed by atoms with Crippen molar-refractivity contribution in [2.24, 2.45) is 0 Å². The standard InChI is InChI=1S/C22H22N2O4/c1-26-18-7-6-15-10-17(5-4-16(15)11-18)21-13-24(8-9-27-21)22(25)19-12-20(28-23-19)14-2-3-14/h4-7,10-12,14,21H,2-3,8-9,13H2,1H3/t21-/m1/s1. The van der Waals surface area contributed by atoms with Crippen molar-refractivity contribution in [2.75, 3.05) is 26.8 Å². The third-order valence-electron chi connectivity index (χ3n) is 5.52. The summed E-state index contributed by atoms with van der Waals surface area (Å²) in [7, 11) is 1.67. The fraction of sp³-hybridized carbons (Fsp3) is 0.364. The number of carbonyl (C=O) groups is 1. The van der Waals surface area contributed by atoms with Gasteiger partial charge in [0.1, 0.15) is 17.6 Å². The molecule has 1 aliphatic heterocycles. The molecule has 6 heteroatoms. The van der Waals surface area contributed by atoms with Crippen LogP contribution in [0.5, 0.6) is 5.75 Å². The van der Waals surface area contributed by atoms with Crippen molar-refractivity contribution >= 4 is 16.7 Å². The smallest absolute Gasteiger partial charge is 0.276 e. The number of carbonyl (C=O) groups excluding carboxylic acids is 1. The van der Waals surface area contributed by atoms with E-state index in [1.807, 2.05) is 18.2 Å². The summed E-state index contributed by atoms with van der Waals surface area (Å²) < 4.78 is 16.6. The Labute approximate surface area is 163 Å². The molecule has 0 radical (unpaired) electrons. The zero-order chi connectivity index (χ0) is 19.1. The van der Waals surface area contributed by atoms with Crippen LogP contribution in [-0.4, -0.2) is 42.8 Å². The highest BCUT2D eigenvalue weighted by Gasteiger charge is 2.31. The lowest BCUT2D eigenvalue weighted by Gasteiger charge is -2.32. The molecule has 0 bridgehead atoms. The first-order valence-corrected chi connectivity index (χ1v) is 9.66. The van der Waals surface area contributed by atoms with Gasteiger partial charge in [-0.3, -0.25) is 4.79 Å². The zero-order valence-electron chi connectivity index (χ0n) is 15.8. The summed E-state index contributed by atoms with van der Waals surface area (Å²) in [6, 6.07) is 14.0. The molecule has 0 unspecified atom stereocenters. The van der Waals surface area contributed by atoms with Gasteiger partial charge in [0.25, 0.3) is 5.91 Å². The molecule has 1 atom stereocenters. The van der Waals surface area contributed by atoms with E-state index in [-0.39, 0.29) is 12.0 Å². The number of hydrogen-bond donors (Lipinski definition) is 0. The second-order valence-electron chi connectivity index (χ2n) is 7.47. The molecule has 28 heavy (non-hydrogen) atoms. The van der Waals surface area contributed by atoms with E-state index < -0.39 is 0 Å². The monoisotopic (exact) mass is 378 g/mol. The maximum atomic E-state index is 12.8. The summed E-state index contributed by atoms with van der Waals surface area (Å²) in [5.74, 6) is 2.03. The number of rotatable bonds is 4. The molecule has 1 saturated heterocycles. The molecule has 1 amide bonds. The van der Waals surface area contributed by atoms with Crippen LogP contribution < -0.4 is 4.74 Å². The molecule has 2 heterocycles. The third-order valence-corrected chi connectivity index (χ3v) is 5.52. The van der Waals surface area contributed by atoms with Gasteiger partial charge < -0.3 is 18.9 Å². The molecule has 3 aromatic rings. The van der Waals surface area contributed by atoms with E-state index in [0.29, 0.717) is 31.3 Å². The first kappa shape index (κ1) is 17.3. The molecule has 1 saturated carbocycles. The minimum Gasteiger partial charge on any atom is -0.497 e. The van der Waals surface area contributed by atoms with Gasteiger partial charge in [-0.25, -0.2) is 0 Å². The van der Waals surface area contributed by atoms with Crippen LogP contribution >= 0.6 is 0 Å². The van der Waals surface area contributed by atoms with Crippen LogP contribution in [0.1, 0.15) is 46.7 Å². The highest BCUT2D eigenvalue weighted by molar-refractivity contribution is 5.92. The van der Waals surface area contributed by atoms with Crippen LogP contribution in [-0.2, 0) is 4.74 Å². The van der Waals surface area contributed by atoms with Crippen LogP contribution in [0.4, 0.5) is 0 Å². The Morgan fingerprint density at radius 1 is 1.14 bits per heavy atom. The molecular formula is C22H22N2O4. The minimum atomic E-state index is -0.154. The van der Waals surface area contributed by atoms with E-state index in [1.54, 1.807) is 18.1 Å². The maximum absolute atomic E-state index is 12.8. The van der Waals surface area contributed by atoms with Crippen LogP contribution in [0.3, 0.4) is 0 Å². The van der Waals surface area contributed by atoms with Gasteiger partial charge in [-0.2, -0.15) is 0 Å². The van der Waals surface area contributed by atoms with Gasteiger partial charge in [-0.1, -0.05) is 23.4 Å². The Morgan fingerprint density at radius 2 is 1.96 bits per heavy atom. The van der Waals surface area contributed by atoms with Crippen molar-refractivity contribution in [3.8, 4) is 5.75 Å². The molecule has 0 N–H and O–H groups in total. The van der Waals surface area contributed by atoms with E-state index in [4.69, 9.17) is 14.0 Å². The Morgan fingerprint density at radius 3 is 2.79 bits per heavy atom. The Hall–Kier alpha value is -2.86. The normalized spacial score (nSPS) is 19.8. The summed E-state index contributed by atoms with van der Waals surface area (Å²) in [5.41, 5.74) is 1.46. The lowest BCUT2D eigenvalue weighted by molar-refractivity contribution is -0.0230. The number of amides is 1. The predicted molar refractivity (Wildman–Crippen MR) is 104 cm³/mol. The fourth-order valence-electron chi connectivity index (χ4n) is 3.72. The second-order valence-corrected chi connectivity index (χ2v) is 7.47. The van der Waals surface area contributed by atoms with E-state index >= 15 is 0 Å². The number of hydrogen-bond acceptors (Lipinski definition) is 5. The van der Waals surface area contributed by atoms with Crippen molar-refractivity contribution in [1.29, 1.82) is 0 Å². The molecule has 2 aromatic carbocycles. The van der Waals surface area contributed by atoms with Gasteiger partial charge in [-0.15, -0.1) is 0 Å². The van der Waals surface area contributed by atoms with Crippen molar-refractivity contribution in [1.82, 2.24) is 10.1 Å². The topological polar surface area (TPSA) is 64.8 Å². The number of benzene rings is 2. The highest BCUT2D eigenvalue weighted by atomic mass is 16.5.